The number of fused-ring (bicyclic) bond motifs is 1. The first-order chi connectivity index (χ1) is 8.06. The van der Waals surface area contributed by atoms with Gasteiger partial charge in [0.1, 0.15) is 5.75 Å². The molecule has 0 aliphatic heterocycles. The second kappa shape index (κ2) is 4.13. The smallest absolute Gasteiger partial charge is 0.312 e. The first-order valence-corrected chi connectivity index (χ1v) is 5.60. The SMILES string of the molecule is CCn1c(C(C)C(=O)O)cc2c(O)cccc21. The summed E-state index contributed by atoms with van der Waals surface area (Å²) in [5.74, 6) is -1.25. The van der Waals surface area contributed by atoms with Gasteiger partial charge in [0.25, 0.3) is 0 Å². The van der Waals surface area contributed by atoms with Gasteiger partial charge in [-0.1, -0.05) is 6.07 Å². The van der Waals surface area contributed by atoms with E-state index in [1.807, 2.05) is 17.6 Å². The van der Waals surface area contributed by atoms with Gasteiger partial charge in [0, 0.05) is 17.6 Å². The van der Waals surface area contributed by atoms with Crippen LogP contribution in [-0.2, 0) is 11.3 Å². The third-order valence-electron chi connectivity index (χ3n) is 3.09. The highest BCUT2D eigenvalue weighted by Crippen LogP contribution is 2.31. The maximum atomic E-state index is 11.1. The largest absolute Gasteiger partial charge is 0.507 e. The van der Waals surface area contributed by atoms with Gasteiger partial charge >= 0.3 is 5.97 Å². The fourth-order valence-electron chi connectivity index (χ4n) is 2.13. The lowest BCUT2D eigenvalue weighted by molar-refractivity contribution is -0.138. The average molecular weight is 233 g/mol. The molecule has 1 unspecified atom stereocenters. The molecule has 1 atom stereocenters. The number of aryl methyl sites for hydroxylation is 1. The predicted molar refractivity (Wildman–Crippen MR) is 65.3 cm³/mol. The normalized spacial score (nSPS) is 12.8. The minimum absolute atomic E-state index is 0.188. The van der Waals surface area contributed by atoms with Crippen LogP contribution in [0.5, 0.6) is 5.75 Å². The Labute approximate surface area is 99.1 Å². The van der Waals surface area contributed by atoms with E-state index in [-0.39, 0.29) is 5.75 Å². The van der Waals surface area contributed by atoms with Crippen LogP contribution in [0.1, 0.15) is 25.5 Å². The van der Waals surface area contributed by atoms with Gasteiger partial charge < -0.3 is 14.8 Å². The third kappa shape index (κ3) is 1.75. The van der Waals surface area contributed by atoms with Crippen molar-refractivity contribution in [3.63, 3.8) is 0 Å². The molecule has 17 heavy (non-hydrogen) atoms. The molecule has 0 spiro atoms. The van der Waals surface area contributed by atoms with E-state index in [0.717, 1.165) is 11.2 Å². The summed E-state index contributed by atoms with van der Waals surface area (Å²) in [7, 11) is 0. The van der Waals surface area contributed by atoms with E-state index in [1.165, 1.54) is 0 Å². The summed E-state index contributed by atoms with van der Waals surface area (Å²) in [6.45, 7) is 4.29. The van der Waals surface area contributed by atoms with E-state index in [0.29, 0.717) is 11.9 Å². The van der Waals surface area contributed by atoms with Crippen LogP contribution >= 0.6 is 0 Å². The average Bonchev–Trinajstić information content (AvgIpc) is 2.67. The van der Waals surface area contributed by atoms with Crippen LogP contribution in [0.25, 0.3) is 10.9 Å². The molecule has 0 fully saturated rings. The third-order valence-corrected chi connectivity index (χ3v) is 3.09. The van der Waals surface area contributed by atoms with Crippen molar-refractivity contribution in [1.82, 2.24) is 4.57 Å². The molecule has 0 bridgehead atoms. The first-order valence-electron chi connectivity index (χ1n) is 5.60. The quantitative estimate of drug-likeness (QED) is 0.856. The summed E-state index contributed by atoms with van der Waals surface area (Å²) in [6.07, 6.45) is 0. The zero-order valence-corrected chi connectivity index (χ0v) is 9.84. The summed E-state index contributed by atoms with van der Waals surface area (Å²) in [5, 5.41) is 19.5. The van der Waals surface area contributed by atoms with E-state index in [1.54, 1.807) is 25.1 Å². The van der Waals surface area contributed by atoms with E-state index in [9.17, 15) is 9.90 Å². The van der Waals surface area contributed by atoms with Crippen molar-refractivity contribution in [3.05, 3.63) is 30.0 Å². The molecule has 4 nitrogen and oxygen atoms in total. The Hall–Kier alpha value is -1.97. The maximum absolute atomic E-state index is 11.1. The lowest BCUT2D eigenvalue weighted by atomic mass is 10.1. The fourth-order valence-corrected chi connectivity index (χ4v) is 2.13. The Balaban J connectivity index is 2.72. The number of nitrogens with zero attached hydrogens (tertiary/aromatic N) is 1. The summed E-state index contributed by atoms with van der Waals surface area (Å²) >= 11 is 0. The van der Waals surface area contributed by atoms with E-state index >= 15 is 0 Å². The number of benzene rings is 1. The fraction of sp³-hybridized carbons (Fsp3) is 0.308. The zero-order valence-electron chi connectivity index (χ0n) is 9.84. The van der Waals surface area contributed by atoms with Gasteiger partial charge in [-0.25, -0.2) is 0 Å². The summed E-state index contributed by atoms with van der Waals surface area (Å²) in [6, 6.07) is 7.01. The van der Waals surface area contributed by atoms with E-state index in [4.69, 9.17) is 5.11 Å². The van der Waals surface area contributed by atoms with Crippen LogP contribution in [0.3, 0.4) is 0 Å². The highest BCUT2D eigenvalue weighted by molar-refractivity contribution is 5.89. The highest BCUT2D eigenvalue weighted by atomic mass is 16.4. The molecule has 2 aromatic rings. The Kier molecular flexibility index (Phi) is 2.79. The summed E-state index contributed by atoms with van der Waals surface area (Å²) < 4.78 is 1.92. The van der Waals surface area contributed by atoms with Crippen molar-refractivity contribution in [2.24, 2.45) is 0 Å². The molecule has 1 aromatic carbocycles. The van der Waals surface area contributed by atoms with Crippen molar-refractivity contribution in [3.8, 4) is 5.75 Å². The molecular formula is C13H15NO3. The number of hydrogen-bond donors (Lipinski definition) is 2. The number of phenolic OH excluding ortho intramolecular Hbond substituents is 1. The number of aliphatic carboxylic acids is 1. The van der Waals surface area contributed by atoms with Crippen LogP contribution in [0.2, 0.25) is 0 Å². The van der Waals surface area contributed by atoms with Crippen LogP contribution in [0.15, 0.2) is 24.3 Å². The predicted octanol–water partition coefficient (Wildman–Crippen LogP) is 2.55. The minimum Gasteiger partial charge on any atom is -0.507 e. The summed E-state index contributed by atoms with van der Waals surface area (Å²) in [4.78, 5) is 11.1. The second-order valence-electron chi connectivity index (χ2n) is 4.08. The number of carbonyl (C=O) groups is 1. The van der Waals surface area contributed by atoms with Crippen LogP contribution < -0.4 is 0 Å². The molecule has 1 heterocycles. The molecule has 1 aromatic heterocycles. The Morgan fingerprint density at radius 2 is 2.18 bits per heavy atom. The van der Waals surface area contributed by atoms with Gasteiger partial charge in [-0.15, -0.1) is 0 Å². The van der Waals surface area contributed by atoms with Crippen molar-refractivity contribution in [2.45, 2.75) is 26.3 Å². The molecule has 0 aliphatic rings. The van der Waals surface area contributed by atoms with E-state index < -0.39 is 11.9 Å². The Morgan fingerprint density at radius 1 is 1.47 bits per heavy atom. The van der Waals surface area contributed by atoms with Crippen LogP contribution in [0.4, 0.5) is 0 Å². The van der Waals surface area contributed by atoms with Crippen LogP contribution in [-0.4, -0.2) is 20.7 Å². The number of rotatable bonds is 3. The van der Waals surface area contributed by atoms with Crippen molar-refractivity contribution < 1.29 is 15.0 Å². The molecule has 0 saturated heterocycles. The van der Waals surface area contributed by atoms with Crippen molar-refractivity contribution in [2.75, 3.05) is 0 Å². The first kappa shape index (κ1) is 11.5. The van der Waals surface area contributed by atoms with Gasteiger partial charge in [0.15, 0.2) is 0 Å². The minimum atomic E-state index is -0.859. The summed E-state index contributed by atoms with van der Waals surface area (Å²) in [5.41, 5.74) is 1.59. The van der Waals surface area contributed by atoms with Gasteiger partial charge in [0.2, 0.25) is 0 Å². The lowest BCUT2D eigenvalue weighted by Gasteiger charge is -2.11. The lowest BCUT2D eigenvalue weighted by Crippen LogP contribution is -2.12. The number of phenols is 1. The number of hydrogen-bond acceptors (Lipinski definition) is 2. The number of carboxylic acid groups (broad SMARTS) is 1. The molecule has 2 N–H and O–H groups in total. The van der Waals surface area contributed by atoms with Crippen LogP contribution in [0, 0.1) is 0 Å². The standard InChI is InChI=1S/C13H15NO3/c1-3-14-10-5-4-6-12(15)9(10)7-11(14)8(2)13(16)17/h4-8,15H,3H2,1-2H3,(H,16,17). The van der Waals surface area contributed by atoms with Crippen molar-refractivity contribution >= 4 is 16.9 Å². The maximum Gasteiger partial charge on any atom is 0.312 e. The molecule has 0 amide bonds. The molecule has 0 radical (unpaired) electrons. The van der Waals surface area contributed by atoms with Gasteiger partial charge in [-0.3, -0.25) is 4.79 Å². The molecule has 0 aliphatic carbocycles. The Bertz CT molecular complexity index is 571. The van der Waals surface area contributed by atoms with Gasteiger partial charge in [-0.2, -0.15) is 0 Å². The van der Waals surface area contributed by atoms with Crippen molar-refractivity contribution in [1.29, 1.82) is 0 Å². The highest BCUT2D eigenvalue weighted by Gasteiger charge is 2.20. The molecule has 2 rings (SSSR count). The number of carboxylic acids is 1. The number of aromatic nitrogens is 1. The second-order valence-corrected chi connectivity index (χ2v) is 4.08. The molecule has 90 valence electrons. The molecule has 0 saturated carbocycles. The monoisotopic (exact) mass is 233 g/mol. The zero-order chi connectivity index (χ0) is 12.6. The number of aromatic hydroxyl groups is 1. The molecule has 4 heteroatoms. The Morgan fingerprint density at radius 3 is 2.76 bits per heavy atom. The van der Waals surface area contributed by atoms with Gasteiger partial charge in [-0.05, 0) is 32.0 Å². The van der Waals surface area contributed by atoms with Gasteiger partial charge in [0.05, 0.1) is 11.4 Å². The topological polar surface area (TPSA) is 62.5 Å². The van der Waals surface area contributed by atoms with E-state index in [2.05, 4.69) is 0 Å². The molecular weight excluding hydrogens is 218 g/mol.